The molecular formula is C9H5BrClFN2. The Kier molecular flexibility index (Phi) is 2.56. The molecule has 1 heterocycles. The Labute approximate surface area is 93.2 Å². The molecule has 2 rings (SSSR count). The van der Waals surface area contributed by atoms with E-state index < -0.39 is 0 Å². The lowest BCUT2D eigenvalue weighted by molar-refractivity contribution is 0.630. The van der Waals surface area contributed by atoms with Gasteiger partial charge in [-0.25, -0.2) is 4.39 Å². The van der Waals surface area contributed by atoms with Crippen LogP contribution in [-0.2, 0) is 0 Å². The van der Waals surface area contributed by atoms with Crippen molar-refractivity contribution in [3.8, 4) is 11.3 Å². The number of aromatic nitrogens is 2. The van der Waals surface area contributed by atoms with Crippen LogP contribution in [0.4, 0.5) is 4.39 Å². The predicted molar refractivity (Wildman–Crippen MR) is 56.7 cm³/mol. The maximum atomic E-state index is 13.4. The molecule has 2 aromatic rings. The first-order chi connectivity index (χ1) is 6.68. The smallest absolute Gasteiger partial charge is 0.132 e. The van der Waals surface area contributed by atoms with Crippen LogP contribution in [0.25, 0.3) is 11.3 Å². The summed E-state index contributed by atoms with van der Waals surface area (Å²) in [4.78, 5) is 0. The van der Waals surface area contributed by atoms with Gasteiger partial charge in [0.15, 0.2) is 0 Å². The van der Waals surface area contributed by atoms with Crippen LogP contribution in [0.1, 0.15) is 0 Å². The molecule has 5 heteroatoms. The summed E-state index contributed by atoms with van der Waals surface area (Å²) in [6, 6.07) is 4.65. The molecule has 2 nitrogen and oxygen atoms in total. The Balaban J connectivity index is 2.62. The Morgan fingerprint density at radius 1 is 1.43 bits per heavy atom. The summed E-state index contributed by atoms with van der Waals surface area (Å²) >= 11 is 9.09. The quantitative estimate of drug-likeness (QED) is 0.846. The van der Waals surface area contributed by atoms with Gasteiger partial charge in [0.05, 0.1) is 16.9 Å². The highest BCUT2D eigenvalue weighted by Crippen LogP contribution is 2.29. The molecule has 72 valence electrons. The van der Waals surface area contributed by atoms with Crippen molar-refractivity contribution in [2.45, 2.75) is 0 Å². The third-order valence-corrected chi connectivity index (χ3v) is 2.57. The van der Waals surface area contributed by atoms with Crippen molar-refractivity contribution in [3.05, 3.63) is 39.7 Å². The van der Waals surface area contributed by atoms with Crippen LogP contribution in [0.5, 0.6) is 0 Å². The van der Waals surface area contributed by atoms with Gasteiger partial charge >= 0.3 is 0 Å². The minimum Gasteiger partial charge on any atom is -0.276 e. The van der Waals surface area contributed by atoms with Crippen molar-refractivity contribution >= 4 is 27.5 Å². The number of halogens is 3. The van der Waals surface area contributed by atoms with E-state index in [1.807, 2.05) is 0 Å². The van der Waals surface area contributed by atoms with Crippen LogP contribution in [0, 0.1) is 5.82 Å². The molecule has 0 spiro atoms. The van der Waals surface area contributed by atoms with Crippen LogP contribution < -0.4 is 0 Å². The maximum absolute atomic E-state index is 13.4. The SMILES string of the molecule is Fc1ccc(Br)cc1-c1[nH]ncc1Cl. The number of hydrogen-bond donors (Lipinski definition) is 1. The molecule has 0 aliphatic rings. The van der Waals surface area contributed by atoms with Gasteiger partial charge in [0.1, 0.15) is 5.82 Å². The number of hydrogen-bond acceptors (Lipinski definition) is 1. The summed E-state index contributed by atoms with van der Waals surface area (Å²) in [7, 11) is 0. The van der Waals surface area contributed by atoms with Gasteiger partial charge in [-0.2, -0.15) is 5.10 Å². The van der Waals surface area contributed by atoms with Crippen molar-refractivity contribution in [2.75, 3.05) is 0 Å². The van der Waals surface area contributed by atoms with Gasteiger partial charge in [0.2, 0.25) is 0 Å². The molecule has 0 amide bonds. The molecule has 0 saturated carbocycles. The summed E-state index contributed by atoms with van der Waals surface area (Å²) in [5.41, 5.74) is 0.896. The Morgan fingerprint density at radius 2 is 2.21 bits per heavy atom. The van der Waals surface area contributed by atoms with Gasteiger partial charge in [-0.15, -0.1) is 0 Å². The first kappa shape index (κ1) is 9.68. The first-order valence-corrected chi connectivity index (χ1v) is 5.00. The molecule has 0 radical (unpaired) electrons. The maximum Gasteiger partial charge on any atom is 0.132 e. The van der Waals surface area contributed by atoms with Gasteiger partial charge in [-0.05, 0) is 18.2 Å². The number of nitrogens with zero attached hydrogens (tertiary/aromatic N) is 1. The normalized spacial score (nSPS) is 10.5. The minimum atomic E-state index is -0.334. The van der Waals surface area contributed by atoms with E-state index in [-0.39, 0.29) is 5.82 Å². The molecule has 1 aromatic heterocycles. The van der Waals surface area contributed by atoms with Crippen LogP contribution in [0.15, 0.2) is 28.9 Å². The van der Waals surface area contributed by atoms with Gasteiger partial charge in [0, 0.05) is 10.0 Å². The highest BCUT2D eigenvalue weighted by atomic mass is 79.9. The predicted octanol–water partition coefficient (Wildman–Crippen LogP) is 3.63. The summed E-state index contributed by atoms with van der Waals surface area (Å²) in [6.45, 7) is 0. The standard InChI is InChI=1S/C9H5BrClFN2/c10-5-1-2-8(12)6(3-5)9-7(11)4-13-14-9/h1-4H,(H,13,14). The van der Waals surface area contributed by atoms with Crippen LogP contribution in [0.2, 0.25) is 5.02 Å². The Morgan fingerprint density at radius 3 is 2.86 bits per heavy atom. The number of benzene rings is 1. The third kappa shape index (κ3) is 1.67. The van der Waals surface area contributed by atoms with E-state index in [9.17, 15) is 4.39 Å². The average molecular weight is 276 g/mol. The van der Waals surface area contributed by atoms with Crippen molar-refractivity contribution in [3.63, 3.8) is 0 Å². The van der Waals surface area contributed by atoms with Crippen LogP contribution in [0.3, 0.4) is 0 Å². The molecule has 0 atom stereocenters. The molecule has 0 saturated heterocycles. The van der Waals surface area contributed by atoms with Gasteiger partial charge < -0.3 is 0 Å². The number of H-pyrrole nitrogens is 1. The van der Waals surface area contributed by atoms with E-state index in [1.165, 1.54) is 12.3 Å². The zero-order chi connectivity index (χ0) is 10.1. The Bertz CT molecular complexity index is 470. The molecule has 14 heavy (non-hydrogen) atoms. The number of aromatic amines is 1. The molecule has 0 bridgehead atoms. The van der Waals surface area contributed by atoms with E-state index in [4.69, 9.17) is 11.6 Å². The topological polar surface area (TPSA) is 28.7 Å². The molecule has 0 aliphatic carbocycles. The fourth-order valence-electron chi connectivity index (χ4n) is 1.15. The monoisotopic (exact) mass is 274 g/mol. The lowest BCUT2D eigenvalue weighted by Crippen LogP contribution is -1.85. The minimum absolute atomic E-state index is 0.334. The van der Waals surface area contributed by atoms with E-state index in [0.717, 1.165) is 4.47 Å². The zero-order valence-electron chi connectivity index (χ0n) is 6.89. The number of nitrogens with one attached hydrogen (secondary N) is 1. The lowest BCUT2D eigenvalue weighted by Gasteiger charge is -2.01. The summed E-state index contributed by atoms with van der Waals surface area (Å²) in [6.07, 6.45) is 1.44. The molecule has 0 fully saturated rings. The lowest BCUT2D eigenvalue weighted by atomic mass is 10.1. The highest BCUT2D eigenvalue weighted by Gasteiger charge is 2.10. The molecule has 1 aromatic carbocycles. The van der Waals surface area contributed by atoms with Gasteiger partial charge in [-0.1, -0.05) is 27.5 Å². The zero-order valence-corrected chi connectivity index (χ0v) is 9.23. The molecular weight excluding hydrogens is 270 g/mol. The summed E-state index contributed by atoms with van der Waals surface area (Å²) < 4.78 is 14.2. The van der Waals surface area contributed by atoms with E-state index in [2.05, 4.69) is 26.1 Å². The third-order valence-electron chi connectivity index (χ3n) is 1.79. The highest BCUT2D eigenvalue weighted by molar-refractivity contribution is 9.10. The largest absolute Gasteiger partial charge is 0.276 e. The number of rotatable bonds is 1. The van der Waals surface area contributed by atoms with Gasteiger partial charge in [0.25, 0.3) is 0 Å². The van der Waals surface area contributed by atoms with Crippen LogP contribution in [-0.4, -0.2) is 10.2 Å². The molecule has 1 N–H and O–H groups in total. The summed E-state index contributed by atoms with van der Waals surface area (Å²) in [5, 5.41) is 6.78. The van der Waals surface area contributed by atoms with Crippen molar-refractivity contribution in [2.24, 2.45) is 0 Å². The van der Waals surface area contributed by atoms with Crippen molar-refractivity contribution in [1.82, 2.24) is 10.2 Å². The molecule has 0 aliphatic heterocycles. The second-order valence-electron chi connectivity index (χ2n) is 2.72. The van der Waals surface area contributed by atoms with Crippen molar-refractivity contribution < 1.29 is 4.39 Å². The fourth-order valence-corrected chi connectivity index (χ4v) is 1.70. The molecule has 0 unspecified atom stereocenters. The van der Waals surface area contributed by atoms with Crippen LogP contribution >= 0.6 is 27.5 Å². The second kappa shape index (κ2) is 3.71. The summed E-state index contributed by atoms with van der Waals surface area (Å²) in [5.74, 6) is -0.334. The Hall–Kier alpha value is -0.870. The van der Waals surface area contributed by atoms with E-state index in [0.29, 0.717) is 16.3 Å². The second-order valence-corrected chi connectivity index (χ2v) is 4.04. The van der Waals surface area contributed by atoms with Gasteiger partial charge in [-0.3, -0.25) is 5.10 Å². The first-order valence-electron chi connectivity index (χ1n) is 3.83. The van der Waals surface area contributed by atoms with E-state index >= 15 is 0 Å². The average Bonchev–Trinajstić information content (AvgIpc) is 2.56. The van der Waals surface area contributed by atoms with Crippen molar-refractivity contribution in [1.29, 1.82) is 0 Å². The van der Waals surface area contributed by atoms with E-state index in [1.54, 1.807) is 12.1 Å². The fraction of sp³-hybridized carbons (Fsp3) is 0.